The number of hydrogen-bond acceptors (Lipinski definition) is 2. The van der Waals surface area contributed by atoms with Gasteiger partial charge in [-0.3, -0.25) is 0 Å². The second-order valence-corrected chi connectivity index (χ2v) is 12.3. The Kier molecular flexibility index (Phi) is 7.24. The molecule has 0 amide bonds. The Balaban J connectivity index is 1.42. The molecule has 0 N–H and O–H groups in total. The van der Waals surface area contributed by atoms with E-state index in [1.54, 1.807) is 0 Å². The molecule has 0 fully saturated rings. The lowest BCUT2D eigenvalue weighted by Crippen LogP contribution is -2.22. The zero-order valence-electron chi connectivity index (χ0n) is 23.6. The molecule has 37 heavy (non-hydrogen) atoms. The van der Waals surface area contributed by atoms with Gasteiger partial charge >= 0.3 is 0 Å². The Hall–Kier alpha value is -3.52. The highest BCUT2D eigenvalue weighted by Crippen LogP contribution is 2.35. The number of hydrogen-bond donors (Lipinski definition) is 0. The van der Waals surface area contributed by atoms with Gasteiger partial charge in [-0.25, -0.2) is 0 Å². The molecule has 0 aromatic heterocycles. The second-order valence-electron chi connectivity index (χ2n) is 12.3. The largest absolute Gasteiger partial charge is 0.488 e. The molecule has 2 heteroatoms. The summed E-state index contributed by atoms with van der Waals surface area (Å²) in [6.45, 7) is 17.5. The van der Waals surface area contributed by atoms with Crippen LogP contribution in [0.4, 0.5) is 0 Å². The molecule has 0 heterocycles. The summed E-state index contributed by atoms with van der Waals surface area (Å²) in [6.07, 6.45) is 0. The zero-order chi connectivity index (χ0) is 26.8. The molecule has 0 unspecified atom stereocenters. The predicted octanol–water partition coefficient (Wildman–Crippen LogP) is 9.95. The molecule has 0 atom stereocenters. The van der Waals surface area contributed by atoms with Gasteiger partial charge in [0.05, 0.1) is 0 Å². The third kappa shape index (κ3) is 6.63. The van der Waals surface area contributed by atoms with Gasteiger partial charge in [0.15, 0.2) is 0 Å². The summed E-state index contributed by atoms with van der Waals surface area (Å²) < 4.78 is 12.1. The molecule has 0 bridgehead atoms. The molecule has 0 spiro atoms. The third-order valence-corrected chi connectivity index (χ3v) is 6.75. The minimum Gasteiger partial charge on any atom is -0.488 e. The quantitative estimate of drug-likeness (QED) is 0.267. The van der Waals surface area contributed by atoms with Crippen molar-refractivity contribution in [3.05, 3.63) is 114 Å². The molecular formula is C35H40O2. The van der Waals surface area contributed by atoms with Gasteiger partial charge in [-0.2, -0.15) is 0 Å². The smallest absolute Gasteiger partial charge is 0.127 e. The van der Waals surface area contributed by atoms with Crippen LogP contribution in [0.1, 0.15) is 72.1 Å². The van der Waals surface area contributed by atoms with Gasteiger partial charge in [0.1, 0.15) is 22.8 Å². The summed E-state index contributed by atoms with van der Waals surface area (Å²) in [7, 11) is 0. The zero-order valence-corrected chi connectivity index (χ0v) is 23.6. The van der Waals surface area contributed by atoms with Gasteiger partial charge in [0, 0.05) is 5.41 Å². The minimum atomic E-state index is -0.202. The molecule has 0 saturated carbocycles. The van der Waals surface area contributed by atoms with Gasteiger partial charge < -0.3 is 9.47 Å². The minimum absolute atomic E-state index is 0.0932. The lowest BCUT2D eigenvalue weighted by molar-refractivity contribution is 0.131. The third-order valence-electron chi connectivity index (χ3n) is 6.75. The van der Waals surface area contributed by atoms with Crippen molar-refractivity contribution in [2.75, 3.05) is 0 Å². The summed E-state index contributed by atoms with van der Waals surface area (Å²) in [4.78, 5) is 0. The van der Waals surface area contributed by atoms with Crippen molar-refractivity contribution < 1.29 is 9.47 Å². The molecule has 4 rings (SSSR count). The van der Waals surface area contributed by atoms with E-state index >= 15 is 0 Å². The van der Waals surface area contributed by atoms with Crippen LogP contribution < -0.4 is 9.47 Å². The Labute approximate surface area is 223 Å². The van der Waals surface area contributed by atoms with E-state index in [-0.39, 0.29) is 16.4 Å². The number of rotatable bonds is 6. The Morgan fingerprint density at radius 3 is 1.16 bits per heavy atom. The van der Waals surface area contributed by atoms with Crippen LogP contribution in [-0.2, 0) is 10.8 Å². The van der Waals surface area contributed by atoms with Crippen LogP contribution >= 0.6 is 0 Å². The second kappa shape index (κ2) is 10.1. The number of benzene rings is 4. The highest BCUT2D eigenvalue weighted by Gasteiger charge is 2.24. The highest BCUT2D eigenvalue weighted by atomic mass is 16.5. The van der Waals surface area contributed by atoms with Crippen LogP contribution in [0.25, 0.3) is 11.1 Å². The number of ether oxygens (including phenoxy) is 2. The topological polar surface area (TPSA) is 18.5 Å². The van der Waals surface area contributed by atoms with Crippen molar-refractivity contribution in [3.8, 4) is 28.4 Å². The molecule has 4 aromatic carbocycles. The Morgan fingerprint density at radius 2 is 0.757 bits per heavy atom. The summed E-state index contributed by atoms with van der Waals surface area (Å²) in [5.41, 5.74) is 6.08. The first-order valence-electron chi connectivity index (χ1n) is 13.1. The van der Waals surface area contributed by atoms with E-state index in [1.165, 1.54) is 16.7 Å². The molecule has 4 aromatic rings. The molecule has 192 valence electrons. The standard InChI is InChI=1S/C35H40O2/c1-33(2,3)27-13-15-28(16-14-27)35(7,8)29-17-23-31(24-18-29)36-30-19-9-25(10-20-30)26-11-21-32(22-12-26)37-34(4,5)6/h9-24H,1-8H3. The maximum Gasteiger partial charge on any atom is 0.127 e. The van der Waals surface area contributed by atoms with Crippen LogP contribution in [0.15, 0.2) is 97.1 Å². The van der Waals surface area contributed by atoms with Crippen LogP contribution in [0.3, 0.4) is 0 Å². The van der Waals surface area contributed by atoms with Crippen LogP contribution in [0, 0.1) is 0 Å². The van der Waals surface area contributed by atoms with Gasteiger partial charge in [-0.15, -0.1) is 0 Å². The van der Waals surface area contributed by atoms with Crippen LogP contribution in [0.2, 0.25) is 0 Å². The summed E-state index contributed by atoms with van der Waals surface area (Å²) in [5.74, 6) is 2.53. The van der Waals surface area contributed by atoms with E-state index in [2.05, 4.69) is 128 Å². The summed E-state index contributed by atoms with van der Waals surface area (Å²) in [5, 5.41) is 0. The monoisotopic (exact) mass is 492 g/mol. The van der Waals surface area contributed by atoms with Gasteiger partial charge in [-0.05, 0) is 90.4 Å². The van der Waals surface area contributed by atoms with Gasteiger partial charge in [-0.1, -0.05) is 95.3 Å². The lowest BCUT2D eigenvalue weighted by Gasteiger charge is -2.28. The molecule has 0 aliphatic carbocycles. The predicted molar refractivity (Wildman–Crippen MR) is 156 cm³/mol. The fourth-order valence-electron chi connectivity index (χ4n) is 4.41. The van der Waals surface area contributed by atoms with E-state index < -0.39 is 0 Å². The first kappa shape index (κ1) is 26.5. The van der Waals surface area contributed by atoms with Gasteiger partial charge in [0.25, 0.3) is 0 Å². The first-order valence-corrected chi connectivity index (χ1v) is 13.1. The maximum absolute atomic E-state index is 6.15. The molecule has 2 nitrogen and oxygen atoms in total. The fraction of sp³-hybridized carbons (Fsp3) is 0.314. The molecule has 0 aliphatic rings. The molecule has 0 radical (unpaired) electrons. The van der Waals surface area contributed by atoms with Crippen molar-refractivity contribution >= 4 is 0 Å². The molecule has 0 aliphatic heterocycles. The average molecular weight is 493 g/mol. The Bertz CT molecular complexity index is 1300. The van der Waals surface area contributed by atoms with E-state index in [4.69, 9.17) is 9.47 Å². The summed E-state index contributed by atoms with van der Waals surface area (Å²) >= 11 is 0. The highest BCUT2D eigenvalue weighted by molar-refractivity contribution is 5.65. The molecular weight excluding hydrogens is 452 g/mol. The SMILES string of the molecule is CC(C)(C)Oc1ccc(-c2ccc(Oc3ccc(C(C)(C)c4ccc(C(C)(C)C)cc4)cc3)cc2)cc1. The van der Waals surface area contributed by atoms with Crippen molar-refractivity contribution in [1.82, 2.24) is 0 Å². The van der Waals surface area contributed by atoms with Crippen molar-refractivity contribution in [2.24, 2.45) is 0 Å². The van der Waals surface area contributed by atoms with E-state index in [0.29, 0.717) is 0 Å². The normalized spacial score (nSPS) is 12.3. The lowest BCUT2D eigenvalue weighted by atomic mass is 9.77. The van der Waals surface area contributed by atoms with E-state index in [0.717, 1.165) is 28.4 Å². The van der Waals surface area contributed by atoms with Crippen molar-refractivity contribution in [2.45, 2.75) is 71.8 Å². The summed E-state index contributed by atoms with van der Waals surface area (Å²) in [6, 6.07) is 33.9. The van der Waals surface area contributed by atoms with Crippen LogP contribution in [-0.4, -0.2) is 5.60 Å². The maximum atomic E-state index is 6.15. The first-order chi connectivity index (χ1) is 17.3. The van der Waals surface area contributed by atoms with Crippen molar-refractivity contribution in [1.29, 1.82) is 0 Å². The van der Waals surface area contributed by atoms with Gasteiger partial charge in [0.2, 0.25) is 0 Å². The van der Waals surface area contributed by atoms with Crippen molar-refractivity contribution in [3.63, 3.8) is 0 Å². The van der Waals surface area contributed by atoms with Crippen LogP contribution in [0.5, 0.6) is 17.2 Å². The average Bonchev–Trinajstić information content (AvgIpc) is 2.84. The van der Waals surface area contributed by atoms with E-state index in [1.807, 2.05) is 24.3 Å². The Morgan fingerprint density at radius 1 is 0.405 bits per heavy atom. The van der Waals surface area contributed by atoms with E-state index in [9.17, 15) is 0 Å². The molecule has 0 saturated heterocycles. The fourth-order valence-corrected chi connectivity index (χ4v) is 4.41.